The van der Waals surface area contributed by atoms with E-state index < -0.39 is 22.6 Å². The zero-order chi connectivity index (χ0) is 17.7. The Balaban J connectivity index is 2.04. The van der Waals surface area contributed by atoms with Crippen molar-refractivity contribution in [1.29, 1.82) is 0 Å². The number of nitro groups is 1. The van der Waals surface area contributed by atoms with Crippen molar-refractivity contribution >= 4 is 17.8 Å². The Morgan fingerprint density at radius 2 is 2.21 bits per heavy atom. The fraction of sp³-hybridized carbons (Fsp3) is 0.429. The van der Waals surface area contributed by atoms with Crippen LogP contribution < -0.4 is 16.1 Å². The zero-order valence-corrected chi connectivity index (χ0v) is 13.0. The second-order valence-corrected chi connectivity index (χ2v) is 5.40. The number of nitrogens with zero attached hydrogens (tertiary/aromatic N) is 2. The Morgan fingerprint density at radius 1 is 1.46 bits per heavy atom. The van der Waals surface area contributed by atoms with Crippen LogP contribution in [-0.4, -0.2) is 39.6 Å². The number of aromatic hydroxyl groups is 2. The predicted molar refractivity (Wildman–Crippen MR) is 85.5 cm³/mol. The summed E-state index contributed by atoms with van der Waals surface area (Å²) in [7, 11) is 0. The van der Waals surface area contributed by atoms with Crippen molar-refractivity contribution < 1.29 is 19.9 Å². The first-order chi connectivity index (χ1) is 11.4. The van der Waals surface area contributed by atoms with Crippen LogP contribution >= 0.6 is 0 Å². The summed E-state index contributed by atoms with van der Waals surface area (Å²) < 4.78 is 0. The van der Waals surface area contributed by atoms with E-state index in [0.717, 1.165) is 25.0 Å². The van der Waals surface area contributed by atoms with Crippen molar-refractivity contribution in [3.63, 3.8) is 0 Å². The number of carbonyl (C=O) groups is 1. The molecule has 1 saturated heterocycles. The van der Waals surface area contributed by atoms with Crippen LogP contribution in [0.2, 0.25) is 0 Å². The minimum atomic E-state index is -0.766. The van der Waals surface area contributed by atoms with Gasteiger partial charge in [-0.15, -0.1) is 0 Å². The standard InChI is InChI=1S/C14H19N5O5/c1-2-3-9-5-13(22)17-14(16-9)18-15-7-8-4-10(19(23)24)12(21)6-11(8)20/h4,6-7,9,14,16,18,20-21H,2-3,5H2,1H3,(H,17,22)/b15-7+. The quantitative estimate of drug-likeness (QED) is 0.288. The van der Waals surface area contributed by atoms with Crippen LogP contribution in [-0.2, 0) is 4.79 Å². The van der Waals surface area contributed by atoms with Gasteiger partial charge >= 0.3 is 5.69 Å². The lowest BCUT2D eigenvalue weighted by Crippen LogP contribution is -2.61. The molecule has 10 nitrogen and oxygen atoms in total. The number of nitrogens with one attached hydrogen (secondary N) is 3. The lowest BCUT2D eigenvalue weighted by Gasteiger charge is -2.30. The van der Waals surface area contributed by atoms with E-state index in [1.165, 1.54) is 6.21 Å². The molecule has 1 aromatic carbocycles. The summed E-state index contributed by atoms with van der Waals surface area (Å²) in [5, 5.41) is 39.6. The SMILES string of the molecule is CCCC1CC(=O)NC(N/N=C/c2cc([N+](=O)[O-])c(O)cc2O)N1. The number of hydrogen-bond donors (Lipinski definition) is 5. The molecule has 1 amide bonds. The van der Waals surface area contributed by atoms with Crippen LogP contribution in [0.25, 0.3) is 0 Å². The van der Waals surface area contributed by atoms with Gasteiger partial charge in [-0.3, -0.25) is 25.7 Å². The monoisotopic (exact) mass is 337 g/mol. The third-order valence-electron chi connectivity index (χ3n) is 3.50. The van der Waals surface area contributed by atoms with Gasteiger partial charge in [0.05, 0.1) is 11.1 Å². The number of phenolic OH excluding ortho intramolecular Hbond substituents is 2. The van der Waals surface area contributed by atoms with E-state index in [2.05, 4.69) is 21.2 Å². The molecule has 5 N–H and O–H groups in total. The third-order valence-corrected chi connectivity index (χ3v) is 3.50. The van der Waals surface area contributed by atoms with Crippen LogP contribution in [0.15, 0.2) is 17.2 Å². The lowest BCUT2D eigenvalue weighted by molar-refractivity contribution is -0.385. The molecule has 10 heteroatoms. The maximum atomic E-state index is 11.6. The van der Waals surface area contributed by atoms with Crippen LogP contribution in [0.1, 0.15) is 31.7 Å². The number of phenols is 2. The number of nitro benzene ring substituents is 1. The van der Waals surface area contributed by atoms with Crippen LogP contribution in [0.5, 0.6) is 11.5 Å². The highest BCUT2D eigenvalue weighted by atomic mass is 16.6. The molecular formula is C14H19N5O5. The molecule has 2 unspecified atom stereocenters. The summed E-state index contributed by atoms with van der Waals surface area (Å²) in [4.78, 5) is 21.6. The van der Waals surface area contributed by atoms with Crippen molar-refractivity contribution in [3.05, 3.63) is 27.8 Å². The number of benzene rings is 1. The largest absolute Gasteiger partial charge is 0.507 e. The number of amides is 1. The molecule has 2 rings (SSSR count). The first kappa shape index (κ1) is 17.5. The van der Waals surface area contributed by atoms with Gasteiger partial charge in [0.15, 0.2) is 12.0 Å². The molecule has 130 valence electrons. The Labute approximate surface area is 137 Å². The zero-order valence-electron chi connectivity index (χ0n) is 13.0. The molecule has 1 fully saturated rings. The maximum Gasteiger partial charge on any atom is 0.311 e. The Kier molecular flexibility index (Phi) is 5.53. The molecule has 0 spiro atoms. The van der Waals surface area contributed by atoms with Crippen molar-refractivity contribution in [2.75, 3.05) is 0 Å². The predicted octanol–water partition coefficient (Wildman–Crippen LogP) is 0.491. The first-order valence-corrected chi connectivity index (χ1v) is 7.45. The van der Waals surface area contributed by atoms with E-state index in [9.17, 15) is 25.1 Å². The minimum Gasteiger partial charge on any atom is -0.507 e. The first-order valence-electron chi connectivity index (χ1n) is 7.45. The number of hydrazone groups is 1. The summed E-state index contributed by atoms with van der Waals surface area (Å²) in [6.07, 6.45) is 2.76. The highest BCUT2D eigenvalue weighted by Gasteiger charge is 2.24. The average molecular weight is 337 g/mol. The molecule has 1 heterocycles. The van der Waals surface area contributed by atoms with Crippen LogP contribution in [0.3, 0.4) is 0 Å². The van der Waals surface area contributed by atoms with Crippen LogP contribution in [0.4, 0.5) is 5.69 Å². The molecule has 1 aromatic rings. The average Bonchev–Trinajstić information content (AvgIpc) is 2.49. The molecule has 0 radical (unpaired) electrons. The smallest absolute Gasteiger partial charge is 0.311 e. The molecular weight excluding hydrogens is 318 g/mol. The summed E-state index contributed by atoms with van der Waals surface area (Å²) in [6.45, 7) is 2.02. The Hall–Kier alpha value is -2.88. The second-order valence-electron chi connectivity index (χ2n) is 5.40. The molecule has 2 atom stereocenters. The van der Waals surface area contributed by atoms with Gasteiger partial charge in [0.2, 0.25) is 5.91 Å². The highest BCUT2D eigenvalue weighted by molar-refractivity contribution is 5.85. The topological polar surface area (TPSA) is 149 Å². The Morgan fingerprint density at radius 3 is 2.88 bits per heavy atom. The fourth-order valence-electron chi connectivity index (χ4n) is 2.40. The number of hydrogen-bond acceptors (Lipinski definition) is 8. The van der Waals surface area contributed by atoms with Gasteiger partial charge in [-0.25, -0.2) is 0 Å². The van der Waals surface area contributed by atoms with Gasteiger partial charge in [0.1, 0.15) is 5.75 Å². The summed E-state index contributed by atoms with van der Waals surface area (Å²) in [5.74, 6) is -1.10. The van der Waals surface area contributed by atoms with Gasteiger partial charge in [-0.05, 0) is 6.42 Å². The van der Waals surface area contributed by atoms with Crippen molar-refractivity contribution in [2.45, 2.75) is 38.5 Å². The minimum absolute atomic E-state index is 0.0413. The molecule has 0 aromatic heterocycles. The van der Waals surface area contributed by atoms with Crippen molar-refractivity contribution in [3.8, 4) is 11.5 Å². The van der Waals surface area contributed by atoms with Gasteiger partial charge in [0, 0.05) is 30.2 Å². The molecule has 0 bridgehead atoms. The van der Waals surface area contributed by atoms with Crippen LogP contribution in [0, 0.1) is 10.1 Å². The van der Waals surface area contributed by atoms with E-state index in [1.807, 2.05) is 6.92 Å². The molecule has 1 aliphatic heterocycles. The fourth-order valence-corrected chi connectivity index (χ4v) is 2.40. The molecule has 0 aliphatic carbocycles. The third kappa shape index (κ3) is 4.32. The van der Waals surface area contributed by atoms with Gasteiger partial charge in [0.25, 0.3) is 0 Å². The van der Waals surface area contributed by atoms with E-state index in [0.29, 0.717) is 6.42 Å². The maximum absolute atomic E-state index is 11.6. The van der Waals surface area contributed by atoms with E-state index >= 15 is 0 Å². The lowest BCUT2D eigenvalue weighted by atomic mass is 10.1. The van der Waals surface area contributed by atoms with Gasteiger partial charge in [-0.1, -0.05) is 13.3 Å². The van der Waals surface area contributed by atoms with E-state index in [-0.39, 0.29) is 23.3 Å². The number of rotatable bonds is 6. The normalized spacial score (nSPS) is 20.8. The second kappa shape index (κ2) is 7.59. The van der Waals surface area contributed by atoms with E-state index in [1.54, 1.807) is 0 Å². The molecule has 0 saturated carbocycles. The van der Waals surface area contributed by atoms with Crippen molar-refractivity contribution in [1.82, 2.24) is 16.1 Å². The molecule has 24 heavy (non-hydrogen) atoms. The summed E-state index contributed by atoms with van der Waals surface area (Å²) in [5.41, 5.74) is 2.18. The molecule has 1 aliphatic rings. The highest BCUT2D eigenvalue weighted by Crippen LogP contribution is 2.31. The summed E-state index contributed by atoms with van der Waals surface area (Å²) >= 11 is 0. The van der Waals surface area contributed by atoms with Gasteiger partial charge in [-0.2, -0.15) is 5.10 Å². The Bertz CT molecular complexity index is 663. The summed E-state index contributed by atoms with van der Waals surface area (Å²) in [6, 6.07) is 1.92. The van der Waals surface area contributed by atoms with Gasteiger partial charge < -0.3 is 15.5 Å². The van der Waals surface area contributed by atoms with Crippen molar-refractivity contribution in [2.24, 2.45) is 5.10 Å². The number of carbonyl (C=O) groups excluding carboxylic acids is 1. The van der Waals surface area contributed by atoms with E-state index in [4.69, 9.17) is 0 Å².